The van der Waals surface area contributed by atoms with E-state index in [1.165, 1.54) is 0 Å². The van der Waals surface area contributed by atoms with E-state index < -0.39 is 23.9 Å². The van der Waals surface area contributed by atoms with E-state index in [1.54, 1.807) is 0 Å². The summed E-state index contributed by atoms with van der Waals surface area (Å²) in [4.78, 5) is 33.4. The summed E-state index contributed by atoms with van der Waals surface area (Å²) in [5.41, 5.74) is 0. The van der Waals surface area contributed by atoms with Crippen LogP contribution in [0.4, 0.5) is 0 Å². The van der Waals surface area contributed by atoms with Crippen molar-refractivity contribution in [2.45, 2.75) is 12.4 Å². The Kier molecular flexibility index (Phi) is 6.12. The first-order valence-electron chi connectivity index (χ1n) is 4.78. The van der Waals surface area contributed by atoms with Crippen LogP contribution in [-0.2, 0) is 28.6 Å². The Morgan fingerprint density at radius 2 is 1.11 bits per heavy atom. The van der Waals surface area contributed by atoms with E-state index in [4.69, 9.17) is 0 Å². The fraction of sp³-hybridized carbons (Fsp3) is 0.167. The third kappa shape index (κ3) is 4.65. The number of esters is 3. The molecule has 0 atom stereocenters. The molecule has 0 saturated heterocycles. The summed E-state index contributed by atoms with van der Waals surface area (Å²) in [6.07, 6.45) is 2.08. The molecule has 0 aliphatic heterocycles. The number of hydrogen-bond donors (Lipinski definition) is 0. The molecule has 0 unspecified atom stereocenters. The van der Waals surface area contributed by atoms with Crippen LogP contribution >= 0.6 is 0 Å². The fourth-order valence-corrected chi connectivity index (χ4v) is 0.800. The van der Waals surface area contributed by atoms with Crippen LogP contribution in [0.5, 0.6) is 0 Å². The van der Waals surface area contributed by atoms with Crippen LogP contribution in [0.15, 0.2) is 38.0 Å². The summed E-state index contributed by atoms with van der Waals surface area (Å²) < 4.78 is 14.0. The summed E-state index contributed by atoms with van der Waals surface area (Å²) in [7, 11) is 0. The van der Waals surface area contributed by atoms with Gasteiger partial charge in [-0.3, -0.25) is 0 Å². The molecular formula is C12H13O6. The molecule has 0 aromatic carbocycles. The van der Waals surface area contributed by atoms with Crippen molar-refractivity contribution < 1.29 is 28.6 Å². The van der Waals surface area contributed by atoms with Crippen LogP contribution < -0.4 is 0 Å². The highest BCUT2D eigenvalue weighted by molar-refractivity contribution is 5.85. The Balaban J connectivity index is 5.15. The van der Waals surface area contributed by atoms with E-state index in [1.807, 2.05) is 0 Å². The summed E-state index contributed by atoms with van der Waals surface area (Å²) in [5.74, 6) is -5.12. The fourth-order valence-electron chi connectivity index (χ4n) is 0.800. The zero-order valence-electron chi connectivity index (χ0n) is 9.72. The van der Waals surface area contributed by atoms with Crippen LogP contribution in [0.2, 0.25) is 0 Å². The van der Waals surface area contributed by atoms with Crippen LogP contribution in [0.25, 0.3) is 0 Å². The van der Waals surface area contributed by atoms with Gasteiger partial charge >= 0.3 is 23.9 Å². The minimum Gasteiger partial charge on any atom is -0.385 e. The smallest absolute Gasteiger partial charge is 0.385 e. The van der Waals surface area contributed by atoms with Gasteiger partial charge in [-0.1, -0.05) is 19.7 Å². The molecule has 0 bridgehead atoms. The largest absolute Gasteiger partial charge is 0.424 e. The summed E-state index contributed by atoms with van der Waals surface area (Å²) in [5, 5.41) is 0. The van der Waals surface area contributed by atoms with Crippen LogP contribution in [0.1, 0.15) is 6.42 Å². The molecule has 97 valence electrons. The molecule has 0 heterocycles. The predicted octanol–water partition coefficient (Wildman–Crippen LogP) is 1.05. The average Bonchev–Trinajstić information content (AvgIpc) is 2.37. The number of carbonyl (C=O) groups is 3. The zero-order valence-corrected chi connectivity index (χ0v) is 9.72. The molecule has 0 aliphatic rings. The van der Waals surface area contributed by atoms with E-state index in [9.17, 15) is 14.4 Å². The molecule has 0 fully saturated rings. The lowest BCUT2D eigenvalue weighted by molar-refractivity contribution is -0.322. The molecule has 6 heteroatoms. The number of ether oxygens (including phenoxy) is 3. The summed E-state index contributed by atoms with van der Waals surface area (Å²) >= 11 is 0. The molecule has 0 aromatic rings. The van der Waals surface area contributed by atoms with Gasteiger partial charge in [-0.15, -0.1) is 0 Å². The molecule has 0 spiro atoms. The molecule has 0 saturated carbocycles. The average molecular weight is 253 g/mol. The maximum Gasteiger partial charge on any atom is 0.424 e. The van der Waals surface area contributed by atoms with E-state index >= 15 is 0 Å². The summed E-state index contributed by atoms with van der Waals surface area (Å²) in [6.45, 7) is 12.9. The second-order valence-electron chi connectivity index (χ2n) is 2.81. The lowest BCUT2D eigenvalue weighted by atomic mass is 10.4. The van der Waals surface area contributed by atoms with Crippen LogP contribution in [0.3, 0.4) is 0 Å². The lowest BCUT2D eigenvalue weighted by Gasteiger charge is -2.28. The molecule has 0 aliphatic carbocycles. The molecule has 0 N–H and O–H groups in total. The maximum absolute atomic E-state index is 11.1. The lowest BCUT2D eigenvalue weighted by Crippen LogP contribution is -2.43. The second-order valence-corrected chi connectivity index (χ2v) is 2.81. The Hall–Kier alpha value is -2.37. The molecule has 6 nitrogen and oxygen atoms in total. The van der Waals surface area contributed by atoms with Crippen LogP contribution in [0, 0.1) is 6.92 Å². The van der Waals surface area contributed by atoms with Crippen molar-refractivity contribution in [2.24, 2.45) is 0 Å². The molecule has 1 radical (unpaired) electrons. The first kappa shape index (κ1) is 15.6. The Morgan fingerprint density at radius 3 is 1.28 bits per heavy atom. The first-order valence-corrected chi connectivity index (χ1v) is 4.78. The van der Waals surface area contributed by atoms with Crippen molar-refractivity contribution >= 4 is 17.9 Å². The molecule has 0 rings (SSSR count). The van der Waals surface area contributed by atoms with Crippen molar-refractivity contribution in [3.05, 3.63) is 44.9 Å². The van der Waals surface area contributed by atoms with E-state index in [0.29, 0.717) is 0 Å². The highest BCUT2D eigenvalue weighted by Crippen LogP contribution is 2.21. The van der Waals surface area contributed by atoms with Gasteiger partial charge in [0.05, 0.1) is 6.42 Å². The topological polar surface area (TPSA) is 78.9 Å². The van der Waals surface area contributed by atoms with E-state index in [0.717, 1.165) is 18.2 Å². The second kappa shape index (κ2) is 7.05. The first-order chi connectivity index (χ1) is 8.42. The molecule has 18 heavy (non-hydrogen) atoms. The molecule has 0 amide bonds. The third-order valence-electron chi connectivity index (χ3n) is 1.57. The van der Waals surface area contributed by atoms with Gasteiger partial charge in [0.15, 0.2) is 0 Å². The van der Waals surface area contributed by atoms with Gasteiger partial charge in [0.25, 0.3) is 0 Å². The number of hydrogen-bond acceptors (Lipinski definition) is 6. The third-order valence-corrected chi connectivity index (χ3v) is 1.57. The normalized spacial score (nSPS) is 9.83. The van der Waals surface area contributed by atoms with Crippen molar-refractivity contribution in [2.75, 3.05) is 0 Å². The van der Waals surface area contributed by atoms with Crippen molar-refractivity contribution in [1.82, 2.24) is 0 Å². The molecule has 0 aromatic heterocycles. The zero-order chi connectivity index (χ0) is 14.2. The maximum atomic E-state index is 11.1. The Bertz CT molecular complexity index is 327. The van der Waals surface area contributed by atoms with E-state index in [-0.39, 0.29) is 6.42 Å². The highest BCUT2D eigenvalue weighted by Gasteiger charge is 2.40. The van der Waals surface area contributed by atoms with Crippen molar-refractivity contribution in [3.63, 3.8) is 0 Å². The molecular weight excluding hydrogens is 240 g/mol. The van der Waals surface area contributed by atoms with Gasteiger partial charge in [-0.25, -0.2) is 14.4 Å². The minimum atomic E-state index is -2.26. The number of carbonyl (C=O) groups excluding carboxylic acids is 3. The van der Waals surface area contributed by atoms with Gasteiger partial charge in [0.1, 0.15) is 0 Å². The van der Waals surface area contributed by atoms with Crippen molar-refractivity contribution in [1.29, 1.82) is 0 Å². The van der Waals surface area contributed by atoms with Gasteiger partial charge in [0.2, 0.25) is 0 Å². The standard InChI is InChI=1S/C12H13O6/c1-5-9(13)16-12(8-4,17-10(14)6-2)18-11(15)7-3/h5-7H,1-4,8H2. The monoisotopic (exact) mass is 253 g/mol. The highest BCUT2D eigenvalue weighted by atomic mass is 16.9. The summed E-state index contributed by atoms with van der Waals surface area (Å²) in [6, 6.07) is 0. The minimum absolute atomic E-state index is 0.355. The Labute approximate surface area is 105 Å². The van der Waals surface area contributed by atoms with Crippen LogP contribution in [-0.4, -0.2) is 23.9 Å². The van der Waals surface area contributed by atoms with E-state index in [2.05, 4.69) is 40.9 Å². The Morgan fingerprint density at radius 1 is 0.833 bits per heavy atom. The number of rotatable bonds is 7. The predicted molar refractivity (Wildman–Crippen MR) is 61.6 cm³/mol. The van der Waals surface area contributed by atoms with Gasteiger partial charge in [0, 0.05) is 18.2 Å². The van der Waals surface area contributed by atoms with Gasteiger partial charge in [-0.2, -0.15) is 0 Å². The SMILES string of the molecule is [CH2]CC(OC(=O)C=C)(OC(=O)C=C)OC(=O)C=C. The quantitative estimate of drug-likeness (QED) is 0.383. The van der Waals surface area contributed by atoms with Gasteiger partial charge < -0.3 is 14.2 Å². The van der Waals surface area contributed by atoms with Gasteiger partial charge in [-0.05, 0) is 6.92 Å². The van der Waals surface area contributed by atoms with Crippen molar-refractivity contribution in [3.8, 4) is 0 Å².